The first-order chi connectivity index (χ1) is 14.2. The summed E-state index contributed by atoms with van der Waals surface area (Å²) in [5.74, 6) is 2.15. The summed E-state index contributed by atoms with van der Waals surface area (Å²) in [6.07, 6.45) is 2.80. The lowest BCUT2D eigenvalue weighted by Crippen LogP contribution is -2.29. The van der Waals surface area contributed by atoms with E-state index in [4.69, 9.17) is 16.0 Å². The molecule has 2 heterocycles. The van der Waals surface area contributed by atoms with Gasteiger partial charge in [0, 0.05) is 5.56 Å². The predicted octanol–water partition coefficient (Wildman–Crippen LogP) is 5.70. The highest BCUT2D eigenvalue weighted by molar-refractivity contribution is 7.98. The van der Waals surface area contributed by atoms with E-state index in [2.05, 4.69) is 15.3 Å². The molecule has 0 fully saturated rings. The molecule has 5 nitrogen and oxygen atoms in total. The Labute approximate surface area is 177 Å². The number of nitrogens with zero attached hydrogens (tertiary/aromatic N) is 1. The first-order valence-electron chi connectivity index (χ1n) is 9.25. The van der Waals surface area contributed by atoms with Gasteiger partial charge in [-0.2, -0.15) is 11.8 Å². The maximum atomic E-state index is 12.9. The molecule has 0 spiro atoms. The number of carbonyl (C=O) groups is 1. The highest BCUT2D eigenvalue weighted by atomic mass is 35.5. The van der Waals surface area contributed by atoms with Gasteiger partial charge in [0.25, 0.3) is 5.91 Å². The van der Waals surface area contributed by atoms with Crippen LogP contribution in [0.15, 0.2) is 65.1 Å². The van der Waals surface area contributed by atoms with E-state index in [1.807, 2.05) is 48.7 Å². The Hall–Kier alpha value is -2.70. The van der Waals surface area contributed by atoms with E-state index in [1.165, 1.54) is 0 Å². The molecule has 2 N–H and O–H groups in total. The number of amides is 1. The molecule has 2 aromatic carbocycles. The van der Waals surface area contributed by atoms with Crippen LogP contribution in [0.5, 0.6) is 0 Å². The zero-order valence-corrected chi connectivity index (χ0v) is 17.4. The number of imidazole rings is 1. The number of fused-ring (bicyclic) bond motifs is 1. The molecule has 0 radical (unpaired) electrons. The van der Waals surface area contributed by atoms with Gasteiger partial charge in [0.15, 0.2) is 5.76 Å². The predicted molar refractivity (Wildman–Crippen MR) is 118 cm³/mol. The molecule has 0 saturated heterocycles. The molecule has 0 bridgehead atoms. The third kappa shape index (κ3) is 4.33. The number of rotatable bonds is 7. The van der Waals surface area contributed by atoms with Gasteiger partial charge < -0.3 is 14.7 Å². The lowest BCUT2D eigenvalue weighted by Gasteiger charge is -2.15. The van der Waals surface area contributed by atoms with E-state index in [0.717, 1.165) is 34.6 Å². The average molecular weight is 426 g/mol. The average Bonchev–Trinajstić information content (AvgIpc) is 3.38. The van der Waals surface area contributed by atoms with Crippen LogP contribution in [0.4, 0.5) is 0 Å². The number of hydrogen-bond donors (Lipinski definition) is 2. The summed E-state index contributed by atoms with van der Waals surface area (Å²) in [6, 6.07) is 18.4. The van der Waals surface area contributed by atoms with Crippen molar-refractivity contribution >= 4 is 40.3 Å². The van der Waals surface area contributed by atoms with Gasteiger partial charge in [-0.05, 0) is 54.8 Å². The number of furan rings is 1. The van der Waals surface area contributed by atoms with Crippen LogP contribution >= 0.6 is 23.4 Å². The Kier molecular flexibility index (Phi) is 5.92. The Bertz CT molecular complexity index is 1100. The van der Waals surface area contributed by atoms with Crippen LogP contribution in [0.2, 0.25) is 5.02 Å². The van der Waals surface area contributed by atoms with E-state index in [1.54, 1.807) is 30.0 Å². The SMILES string of the molecule is CSCC[C@H](NC(=O)c1ccc(-c2ccccc2Cl)o1)c1nc2ccccc2[nH]1. The van der Waals surface area contributed by atoms with Crippen molar-refractivity contribution < 1.29 is 9.21 Å². The van der Waals surface area contributed by atoms with Crippen molar-refractivity contribution in [3.8, 4) is 11.3 Å². The van der Waals surface area contributed by atoms with Crippen LogP contribution in [-0.4, -0.2) is 27.9 Å². The van der Waals surface area contributed by atoms with E-state index in [-0.39, 0.29) is 17.7 Å². The smallest absolute Gasteiger partial charge is 0.287 e. The molecule has 29 heavy (non-hydrogen) atoms. The maximum absolute atomic E-state index is 12.9. The first-order valence-corrected chi connectivity index (χ1v) is 11.0. The fraction of sp³-hybridized carbons (Fsp3) is 0.182. The van der Waals surface area contributed by atoms with Crippen LogP contribution < -0.4 is 5.32 Å². The lowest BCUT2D eigenvalue weighted by molar-refractivity contribution is 0.0907. The Morgan fingerprint density at radius 1 is 1.17 bits per heavy atom. The number of H-pyrrole nitrogens is 1. The minimum Gasteiger partial charge on any atom is -0.451 e. The van der Waals surface area contributed by atoms with Crippen LogP contribution in [0.3, 0.4) is 0 Å². The lowest BCUT2D eigenvalue weighted by atomic mass is 10.2. The zero-order chi connectivity index (χ0) is 20.2. The fourth-order valence-corrected chi connectivity index (χ4v) is 3.85. The van der Waals surface area contributed by atoms with Crippen LogP contribution in [0.1, 0.15) is 28.8 Å². The molecule has 2 aromatic heterocycles. The molecular formula is C22H20ClN3O2S. The van der Waals surface area contributed by atoms with Crippen molar-refractivity contribution in [2.75, 3.05) is 12.0 Å². The van der Waals surface area contributed by atoms with E-state index < -0.39 is 0 Å². The monoisotopic (exact) mass is 425 g/mol. The van der Waals surface area contributed by atoms with Gasteiger partial charge in [-0.25, -0.2) is 4.98 Å². The Morgan fingerprint density at radius 2 is 1.97 bits per heavy atom. The quantitative estimate of drug-likeness (QED) is 0.398. The maximum Gasteiger partial charge on any atom is 0.287 e. The van der Waals surface area contributed by atoms with Crippen molar-refractivity contribution in [3.63, 3.8) is 0 Å². The molecule has 0 unspecified atom stereocenters. The second kappa shape index (κ2) is 8.76. The number of carbonyl (C=O) groups excluding carboxylic acids is 1. The van der Waals surface area contributed by atoms with Gasteiger partial charge in [0.2, 0.25) is 0 Å². The molecular weight excluding hydrogens is 406 g/mol. The summed E-state index contributed by atoms with van der Waals surface area (Å²) in [7, 11) is 0. The molecule has 0 saturated carbocycles. The van der Waals surface area contributed by atoms with Crippen LogP contribution in [-0.2, 0) is 0 Å². The number of para-hydroxylation sites is 2. The normalized spacial score (nSPS) is 12.2. The second-order valence-corrected chi connectivity index (χ2v) is 7.98. The molecule has 1 atom stereocenters. The Balaban J connectivity index is 1.56. The molecule has 1 amide bonds. The number of benzene rings is 2. The number of aromatic nitrogens is 2. The molecule has 0 aliphatic heterocycles. The minimum atomic E-state index is -0.283. The van der Waals surface area contributed by atoms with Crippen molar-refractivity contribution in [3.05, 3.63) is 77.3 Å². The van der Waals surface area contributed by atoms with Gasteiger partial charge in [0.1, 0.15) is 11.6 Å². The molecule has 7 heteroatoms. The second-order valence-electron chi connectivity index (χ2n) is 6.59. The van der Waals surface area contributed by atoms with E-state index in [0.29, 0.717) is 10.8 Å². The number of halogens is 1. The molecule has 4 rings (SSSR count). The van der Waals surface area contributed by atoms with Crippen LogP contribution in [0.25, 0.3) is 22.4 Å². The van der Waals surface area contributed by atoms with E-state index >= 15 is 0 Å². The standard InChI is InChI=1S/C22H20ClN3O2S/c1-29-13-12-18(21-24-16-8-4-5-9-17(16)25-21)26-22(27)20-11-10-19(28-20)14-6-2-3-7-15(14)23/h2-11,18H,12-13H2,1H3,(H,24,25)(H,26,27)/t18-/m0/s1. The summed E-state index contributed by atoms with van der Waals surface area (Å²) < 4.78 is 5.78. The van der Waals surface area contributed by atoms with Crippen LogP contribution in [0, 0.1) is 0 Å². The number of hydrogen-bond acceptors (Lipinski definition) is 4. The van der Waals surface area contributed by atoms with Crippen molar-refractivity contribution in [2.45, 2.75) is 12.5 Å². The fourth-order valence-electron chi connectivity index (χ4n) is 3.15. The topological polar surface area (TPSA) is 70.9 Å². The van der Waals surface area contributed by atoms with Crippen molar-refractivity contribution in [1.82, 2.24) is 15.3 Å². The van der Waals surface area contributed by atoms with Gasteiger partial charge in [-0.1, -0.05) is 35.9 Å². The molecule has 148 valence electrons. The first kappa shape index (κ1) is 19.6. The summed E-state index contributed by atoms with van der Waals surface area (Å²) in [5, 5.41) is 3.63. The highest BCUT2D eigenvalue weighted by Gasteiger charge is 2.21. The van der Waals surface area contributed by atoms with Gasteiger partial charge >= 0.3 is 0 Å². The van der Waals surface area contributed by atoms with Gasteiger partial charge in [-0.3, -0.25) is 4.79 Å². The third-order valence-corrected chi connectivity index (χ3v) is 5.60. The number of aromatic amines is 1. The zero-order valence-electron chi connectivity index (χ0n) is 15.8. The molecule has 0 aliphatic rings. The summed E-state index contributed by atoms with van der Waals surface area (Å²) in [5.41, 5.74) is 2.58. The van der Waals surface area contributed by atoms with Gasteiger partial charge in [0.05, 0.1) is 22.1 Å². The molecule has 0 aliphatic carbocycles. The third-order valence-electron chi connectivity index (χ3n) is 4.62. The van der Waals surface area contributed by atoms with E-state index in [9.17, 15) is 4.79 Å². The Morgan fingerprint density at radius 3 is 2.76 bits per heavy atom. The largest absolute Gasteiger partial charge is 0.451 e. The highest BCUT2D eigenvalue weighted by Crippen LogP contribution is 2.29. The summed E-state index contributed by atoms with van der Waals surface area (Å²) in [6.45, 7) is 0. The van der Waals surface area contributed by atoms with Crippen molar-refractivity contribution in [2.24, 2.45) is 0 Å². The van der Waals surface area contributed by atoms with Crippen molar-refractivity contribution in [1.29, 1.82) is 0 Å². The number of nitrogens with one attached hydrogen (secondary N) is 2. The summed E-state index contributed by atoms with van der Waals surface area (Å²) >= 11 is 7.96. The molecule has 4 aromatic rings. The summed E-state index contributed by atoms with van der Waals surface area (Å²) in [4.78, 5) is 20.8. The number of thioether (sulfide) groups is 1. The van der Waals surface area contributed by atoms with Gasteiger partial charge in [-0.15, -0.1) is 0 Å². The minimum absolute atomic E-state index is 0.240.